The third-order valence-electron chi connectivity index (χ3n) is 2.99. The number of rotatable bonds is 2. The molecule has 0 aliphatic heterocycles. The first kappa shape index (κ1) is 9.52. The van der Waals surface area contributed by atoms with E-state index in [0.29, 0.717) is 5.92 Å². The van der Waals surface area contributed by atoms with Gasteiger partial charge in [-0.2, -0.15) is 0 Å². The van der Waals surface area contributed by atoms with Gasteiger partial charge in [0.15, 0.2) is 0 Å². The molecule has 0 bridgehead atoms. The molecule has 1 fully saturated rings. The van der Waals surface area contributed by atoms with Gasteiger partial charge in [-0.1, -0.05) is 19.8 Å². The Morgan fingerprint density at radius 2 is 2.33 bits per heavy atom. The summed E-state index contributed by atoms with van der Waals surface area (Å²) in [6, 6.07) is 0. The minimum atomic E-state index is -0.772. The van der Waals surface area contributed by atoms with Crippen LogP contribution in [0.1, 0.15) is 39.0 Å². The molecule has 0 spiro atoms. The van der Waals surface area contributed by atoms with Gasteiger partial charge in [0.25, 0.3) is 0 Å². The molecule has 0 aromatic heterocycles. The lowest BCUT2D eigenvalue weighted by Crippen LogP contribution is -2.49. The summed E-state index contributed by atoms with van der Waals surface area (Å²) >= 11 is 0. The quantitative estimate of drug-likeness (QED) is 0.659. The number of nitrogens with two attached hydrogens (primary N) is 1. The zero-order valence-corrected chi connectivity index (χ0v) is 7.55. The predicted molar refractivity (Wildman–Crippen MR) is 46.8 cm³/mol. The number of hydrogen-bond donors (Lipinski definition) is 2. The summed E-state index contributed by atoms with van der Waals surface area (Å²) in [6.45, 7) is 2.06. The molecule has 2 unspecified atom stereocenters. The normalized spacial score (nSPS) is 36.3. The molecule has 1 rings (SSSR count). The molecular weight excluding hydrogens is 154 g/mol. The Morgan fingerprint density at radius 1 is 1.67 bits per heavy atom. The second kappa shape index (κ2) is 3.44. The SMILES string of the molecule is CC1CCCCC1(N)CC(=O)O. The molecule has 1 saturated carbocycles. The van der Waals surface area contributed by atoms with Crippen LogP contribution in [0.25, 0.3) is 0 Å². The van der Waals surface area contributed by atoms with Gasteiger partial charge in [-0.3, -0.25) is 4.79 Å². The molecule has 0 amide bonds. The van der Waals surface area contributed by atoms with Crippen LogP contribution in [0, 0.1) is 5.92 Å². The van der Waals surface area contributed by atoms with Crippen LogP contribution < -0.4 is 5.73 Å². The van der Waals surface area contributed by atoms with Crippen LogP contribution in [0.5, 0.6) is 0 Å². The average Bonchev–Trinajstić information content (AvgIpc) is 1.94. The van der Waals surface area contributed by atoms with E-state index in [4.69, 9.17) is 10.8 Å². The zero-order chi connectivity index (χ0) is 9.19. The highest BCUT2D eigenvalue weighted by molar-refractivity contribution is 5.68. The van der Waals surface area contributed by atoms with E-state index in [0.717, 1.165) is 19.3 Å². The van der Waals surface area contributed by atoms with Crippen molar-refractivity contribution in [3.05, 3.63) is 0 Å². The van der Waals surface area contributed by atoms with Crippen molar-refractivity contribution in [1.82, 2.24) is 0 Å². The number of aliphatic carboxylic acids is 1. The first-order valence-electron chi connectivity index (χ1n) is 4.55. The molecule has 0 heterocycles. The molecule has 0 radical (unpaired) electrons. The van der Waals surface area contributed by atoms with Crippen molar-refractivity contribution >= 4 is 5.97 Å². The Balaban J connectivity index is 2.59. The maximum atomic E-state index is 10.5. The van der Waals surface area contributed by atoms with E-state index in [1.165, 1.54) is 6.42 Å². The summed E-state index contributed by atoms with van der Waals surface area (Å²) in [6.07, 6.45) is 4.33. The van der Waals surface area contributed by atoms with Crippen molar-refractivity contribution in [1.29, 1.82) is 0 Å². The molecule has 3 N–H and O–H groups in total. The van der Waals surface area contributed by atoms with E-state index in [-0.39, 0.29) is 6.42 Å². The Hall–Kier alpha value is -0.570. The fraction of sp³-hybridized carbons (Fsp3) is 0.889. The second-order valence-corrected chi connectivity index (χ2v) is 3.95. The molecule has 1 aliphatic carbocycles. The first-order chi connectivity index (χ1) is 5.54. The molecule has 3 heteroatoms. The summed E-state index contributed by atoms with van der Waals surface area (Å²) < 4.78 is 0. The summed E-state index contributed by atoms with van der Waals surface area (Å²) in [7, 11) is 0. The van der Waals surface area contributed by atoms with Gasteiger partial charge in [0, 0.05) is 5.54 Å². The third-order valence-corrected chi connectivity index (χ3v) is 2.99. The smallest absolute Gasteiger partial charge is 0.305 e. The minimum absolute atomic E-state index is 0.119. The van der Waals surface area contributed by atoms with E-state index < -0.39 is 11.5 Å². The highest BCUT2D eigenvalue weighted by atomic mass is 16.4. The van der Waals surface area contributed by atoms with E-state index in [2.05, 4.69) is 6.92 Å². The van der Waals surface area contributed by atoms with Gasteiger partial charge in [0.1, 0.15) is 0 Å². The van der Waals surface area contributed by atoms with Gasteiger partial charge in [0.2, 0.25) is 0 Å². The Morgan fingerprint density at radius 3 is 2.83 bits per heavy atom. The molecule has 70 valence electrons. The molecule has 0 saturated heterocycles. The molecule has 0 aromatic carbocycles. The van der Waals surface area contributed by atoms with Crippen LogP contribution in [0.2, 0.25) is 0 Å². The highest BCUT2D eigenvalue weighted by Crippen LogP contribution is 2.33. The predicted octanol–water partition coefficient (Wildman–Crippen LogP) is 1.37. The lowest BCUT2D eigenvalue weighted by atomic mass is 9.72. The van der Waals surface area contributed by atoms with Crippen molar-refractivity contribution in [3.8, 4) is 0 Å². The molecule has 1 aliphatic rings. The van der Waals surface area contributed by atoms with Crippen molar-refractivity contribution in [3.63, 3.8) is 0 Å². The van der Waals surface area contributed by atoms with Gasteiger partial charge in [-0.15, -0.1) is 0 Å². The van der Waals surface area contributed by atoms with Crippen molar-refractivity contribution in [2.45, 2.75) is 44.6 Å². The molecule has 3 nitrogen and oxygen atoms in total. The molecule has 2 atom stereocenters. The number of carbonyl (C=O) groups is 1. The highest BCUT2D eigenvalue weighted by Gasteiger charge is 2.35. The molecule has 0 aromatic rings. The van der Waals surface area contributed by atoms with Gasteiger partial charge in [-0.25, -0.2) is 0 Å². The average molecular weight is 171 g/mol. The largest absolute Gasteiger partial charge is 0.481 e. The van der Waals surface area contributed by atoms with Gasteiger partial charge >= 0.3 is 5.97 Å². The van der Waals surface area contributed by atoms with E-state index in [9.17, 15) is 4.79 Å². The minimum Gasteiger partial charge on any atom is -0.481 e. The lowest BCUT2D eigenvalue weighted by Gasteiger charge is -2.38. The van der Waals surface area contributed by atoms with Crippen LogP contribution >= 0.6 is 0 Å². The Bertz CT molecular complexity index is 181. The van der Waals surface area contributed by atoms with Crippen LogP contribution in [-0.4, -0.2) is 16.6 Å². The number of hydrogen-bond acceptors (Lipinski definition) is 2. The van der Waals surface area contributed by atoms with Crippen LogP contribution in [0.4, 0.5) is 0 Å². The van der Waals surface area contributed by atoms with Crippen LogP contribution in [-0.2, 0) is 4.79 Å². The summed E-state index contributed by atoms with van der Waals surface area (Å²) in [5.74, 6) is -0.423. The maximum absolute atomic E-state index is 10.5. The van der Waals surface area contributed by atoms with Crippen molar-refractivity contribution in [2.75, 3.05) is 0 Å². The van der Waals surface area contributed by atoms with Crippen molar-refractivity contribution < 1.29 is 9.90 Å². The summed E-state index contributed by atoms with van der Waals surface area (Å²) in [4.78, 5) is 10.5. The number of carboxylic acids is 1. The fourth-order valence-corrected chi connectivity index (χ4v) is 1.98. The summed E-state index contributed by atoms with van der Waals surface area (Å²) in [5, 5.41) is 8.67. The van der Waals surface area contributed by atoms with Gasteiger partial charge in [-0.05, 0) is 18.8 Å². The standard InChI is InChI=1S/C9H17NO2/c1-7-4-2-3-5-9(7,10)6-8(11)12/h7H,2-6,10H2,1H3,(H,11,12). The Labute approximate surface area is 72.9 Å². The lowest BCUT2D eigenvalue weighted by molar-refractivity contribution is -0.139. The number of carboxylic acid groups (broad SMARTS) is 1. The Kier molecular flexibility index (Phi) is 2.73. The van der Waals surface area contributed by atoms with Gasteiger partial charge < -0.3 is 10.8 Å². The van der Waals surface area contributed by atoms with Crippen LogP contribution in [0.15, 0.2) is 0 Å². The monoisotopic (exact) mass is 171 g/mol. The van der Waals surface area contributed by atoms with Gasteiger partial charge in [0.05, 0.1) is 6.42 Å². The molecular formula is C9H17NO2. The first-order valence-corrected chi connectivity index (χ1v) is 4.55. The van der Waals surface area contributed by atoms with E-state index in [1.807, 2.05) is 0 Å². The third kappa shape index (κ3) is 1.97. The molecule has 12 heavy (non-hydrogen) atoms. The summed E-state index contributed by atoms with van der Waals surface area (Å²) in [5.41, 5.74) is 5.58. The van der Waals surface area contributed by atoms with Crippen molar-refractivity contribution in [2.24, 2.45) is 11.7 Å². The fourth-order valence-electron chi connectivity index (χ4n) is 1.98. The van der Waals surface area contributed by atoms with Crippen LogP contribution in [0.3, 0.4) is 0 Å². The topological polar surface area (TPSA) is 63.3 Å². The maximum Gasteiger partial charge on any atom is 0.305 e. The zero-order valence-electron chi connectivity index (χ0n) is 7.55. The van der Waals surface area contributed by atoms with E-state index in [1.54, 1.807) is 0 Å². The second-order valence-electron chi connectivity index (χ2n) is 3.95. The van der Waals surface area contributed by atoms with E-state index >= 15 is 0 Å².